The van der Waals surface area contributed by atoms with E-state index in [1.54, 1.807) is 24.3 Å². The predicted octanol–water partition coefficient (Wildman–Crippen LogP) is 4.99. The first kappa shape index (κ1) is 24.2. The number of hydrogen-bond acceptors (Lipinski definition) is 5. The summed E-state index contributed by atoms with van der Waals surface area (Å²) in [5.74, 6) is -0.359. The molecule has 1 heterocycles. The van der Waals surface area contributed by atoms with Crippen LogP contribution in [-0.4, -0.2) is 36.0 Å². The van der Waals surface area contributed by atoms with Crippen molar-refractivity contribution < 1.29 is 28.9 Å². The highest BCUT2D eigenvalue weighted by molar-refractivity contribution is 6.35. The zero-order chi connectivity index (χ0) is 23.1. The molecule has 2 aromatic carbocycles. The number of halogens is 2. The lowest BCUT2D eigenvalue weighted by atomic mass is 9.91. The number of carbonyl (C=O) groups excluding carboxylic acids is 1. The molecule has 1 saturated heterocycles. The third-order valence-electron chi connectivity index (χ3n) is 5.20. The van der Waals surface area contributed by atoms with Gasteiger partial charge in [-0.2, -0.15) is 0 Å². The fourth-order valence-electron chi connectivity index (χ4n) is 3.59. The molecule has 0 aliphatic carbocycles. The number of rotatable bonds is 9. The summed E-state index contributed by atoms with van der Waals surface area (Å²) in [5, 5.41) is 13.3. The Morgan fingerprint density at radius 2 is 2.00 bits per heavy atom. The average Bonchev–Trinajstić information content (AvgIpc) is 3.23. The summed E-state index contributed by atoms with van der Waals surface area (Å²) in [6.07, 6.45) is 0.788. The van der Waals surface area contributed by atoms with Crippen molar-refractivity contribution in [2.45, 2.75) is 44.9 Å². The van der Waals surface area contributed by atoms with Gasteiger partial charge in [0.25, 0.3) is 0 Å². The third-order valence-corrected chi connectivity index (χ3v) is 5.79. The van der Waals surface area contributed by atoms with Crippen LogP contribution in [0.3, 0.4) is 0 Å². The highest BCUT2D eigenvalue weighted by Crippen LogP contribution is 2.31. The first-order valence-corrected chi connectivity index (χ1v) is 11.0. The second kappa shape index (κ2) is 10.9. The first-order chi connectivity index (χ1) is 15.3. The molecule has 32 heavy (non-hydrogen) atoms. The molecule has 1 amide bonds. The molecule has 0 saturated carbocycles. The topological polar surface area (TPSA) is 94.1 Å². The Bertz CT molecular complexity index is 975. The van der Waals surface area contributed by atoms with Gasteiger partial charge in [0, 0.05) is 40.7 Å². The molecule has 172 valence electrons. The van der Waals surface area contributed by atoms with E-state index in [1.807, 2.05) is 19.1 Å². The summed E-state index contributed by atoms with van der Waals surface area (Å²) in [6, 6.07) is 10.4. The Hall–Kier alpha value is -2.48. The SMILES string of the molecule is CCOc1ccc(CC2(C(=O)O)CCCO2)cc1CNC(=O)OCc1ccc(Cl)cc1Cl. The van der Waals surface area contributed by atoms with Crippen LogP contribution in [0.5, 0.6) is 5.75 Å². The van der Waals surface area contributed by atoms with Crippen molar-refractivity contribution in [1.82, 2.24) is 5.32 Å². The van der Waals surface area contributed by atoms with Crippen molar-refractivity contribution in [2.75, 3.05) is 13.2 Å². The van der Waals surface area contributed by atoms with Gasteiger partial charge in [-0.15, -0.1) is 0 Å². The summed E-state index contributed by atoms with van der Waals surface area (Å²) in [4.78, 5) is 24.0. The molecule has 1 aliphatic heterocycles. The average molecular weight is 482 g/mol. The van der Waals surface area contributed by atoms with Crippen molar-refractivity contribution in [2.24, 2.45) is 0 Å². The summed E-state index contributed by atoms with van der Waals surface area (Å²) in [6.45, 7) is 2.90. The van der Waals surface area contributed by atoms with Gasteiger partial charge < -0.3 is 24.6 Å². The standard InChI is InChI=1S/C23H25Cl2NO6/c1-2-30-20-7-4-15(12-23(21(27)28)8-3-9-32-23)10-17(20)13-26-22(29)31-14-16-5-6-18(24)11-19(16)25/h4-7,10-11H,2-3,8-9,12-14H2,1H3,(H,26,29)(H,27,28). The van der Waals surface area contributed by atoms with E-state index in [9.17, 15) is 14.7 Å². The maximum atomic E-state index is 12.2. The van der Waals surface area contributed by atoms with Gasteiger partial charge in [-0.1, -0.05) is 41.4 Å². The minimum atomic E-state index is -1.21. The monoisotopic (exact) mass is 481 g/mol. The number of hydrogen-bond donors (Lipinski definition) is 2. The number of carboxylic acid groups (broad SMARTS) is 1. The lowest BCUT2D eigenvalue weighted by Gasteiger charge is -2.24. The molecule has 1 atom stereocenters. The summed E-state index contributed by atoms with van der Waals surface area (Å²) in [5.41, 5.74) is 0.924. The van der Waals surface area contributed by atoms with Crippen LogP contribution in [0.15, 0.2) is 36.4 Å². The predicted molar refractivity (Wildman–Crippen MR) is 120 cm³/mol. The minimum absolute atomic E-state index is 0.00133. The molecule has 9 heteroatoms. The molecular weight excluding hydrogens is 457 g/mol. The van der Waals surface area contributed by atoms with E-state index in [0.29, 0.717) is 53.0 Å². The number of benzene rings is 2. The molecule has 2 N–H and O–H groups in total. The van der Waals surface area contributed by atoms with Crippen molar-refractivity contribution in [3.05, 3.63) is 63.1 Å². The molecule has 0 spiro atoms. The number of ether oxygens (including phenoxy) is 3. The van der Waals surface area contributed by atoms with Gasteiger partial charge in [-0.05, 0) is 43.5 Å². The molecule has 7 nitrogen and oxygen atoms in total. The van der Waals surface area contributed by atoms with Gasteiger partial charge in [0.15, 0.2) is 5.60 Å². The number of carbonyl (C=O) groups is 2. The Morgan fingerprint density at radius 3 is 2.66 bits per heavy atom. The van der Waals surface area contributed by atoms with Crippen LogP contribution in [0.25, 0.3) is 0 Å². The Morgan fingerprint density at radius 1 is 1.19 bits per heavy atom. The second-order valence-electron chi connectivity index (χ2n) is 7.47. The maximum Gasteiger partial charge on any atom is 0.407 e. The molecule has 1 unspecified atom stereocenters. The number of aliphatic carboxylic acids is 1. The molecule has 2 aromatic rings. The smallest absolute Gasteiger partial charge is 0.407 e. The largest absolute Gasteiger partial charge is 0.494 e. The lowest BCUT2D eigenvalue weighted by molar-refractivity contribution is -0.159. The van der Waals surface area contributed by atoms with Crippen molar-refractivity contribution >= 4 is 35.3 Å². The van der Waals surface area contributed by atoms with Crippen LogP contribution in [0.1, 0.15) is 36.5 Å². The van der Waals surface area contributed by atoms with E-state index in [-0.39, 0.29) is 19.6 Å². The van der Waals surface area contributed by atoms with Gasteiger partial charge in [0.2, 0.25) is 0 Å². The van der Waals surface area contributed by atoms with E-state index in [4.69, 9.17) is 37.4 Å². The van der Waals surface area contributed by atoms with Gasteiger partial charge >= 0.3 is 12.1 Å². The van der Waals surface area contributed by atoms with Gasteiger partial charge in [0.05, 0.1) is 6.61 Å². The summed E-state index contributed by atoms with van der Waals surface area (Å²) >= 11 is 12.0. The fourth-order valence-corrected chi connectivity index (χ4v) is 4.05. The maximum absolute atomic E-state index is 12.2. The normalized spacial score (nSPS) is 17.7. The molecule has 1 aliphatic rings. The van der Waals surface area contributed by atoms with Crippen molar-refractivity contribution in [3.8, 4) is 5.75 Å². The van der Waals surface area contributed by atoms with Crippen LogP contribution in [0.4, 0.5) is 4.79 Å². The minimum Gasteiger partial charge on any atom is -0.494 e. The van der Waals surface area contributed by atoms with E-state index in [0.717, 1.165) is 5.56 Å². The number of alkyl carbamates (subject to hydrolysis) is 1. The zero-order valence-electron chi connectivity index (χ0n) is 17.7. The zero-order valence-corrected chi connectivity index (χ0v) is 19.2. The molecule has 0 aromatic heterocycles. The highest BCUT2D eigenvalue weighted by atomic mass is 35.5. The highest BCUT2D eigenvalue weighted by Gasteiger charge is 2.43. The van der Waals surface area contributed by atoms with Crippen molar-refractivity contribution in [1.29, 1.82) is 0 Å². The Kier molecular flexibility index (Phi) is 8.23. The number of nitrogens with one attached hydrogen (secondary N) is 1. The van der Waals surface area contributed by atoms with Gasteiger partial charge in [-0.3, -0.25) is 0 Å². The quantitative estimate of drug-likeness (QED) is 0.523. The summed E-state index contributed by atoms with van der Waals surface area (Å²) in [7, 11) is 0. The Labute approximate surface area is 196 Å². The summed E-state index contributed by atoms with van der Waals surface area (Å²) < 4.78 is 16.5. The molecule has 1 fully saturated rings. The number of carboxylic acids is 1. The van der Waals surface area contributed by atoms with Crippen LogP contribution in [0, 0.1) is 0 Å². The molecule has 0 radical (unpaired) electrons. The second-order valence-corrected chi connectivity index (χ2v) is 8.31. The van der Waals surface area contributed by atoms with Gasteiger partial charge in [-0.25, -0.2) is 9.59 Å². The van der Waals surface area contributed by atoms with Crippen LogP contribution in [0.2, 0.25) is 10.0 Å². The van der Waals surface area contributed by atoms with E-state index >= 15 is 0 Å². The fraction of sp³-hybridized carbons (Fsp3) is 0.391. The molecule has 0 bridgehead atoms. The van der Waals surface area contributed by atoms with E-state index in [2.05, 4.69) is 5.32 Å². The van der Waals surface area contributed by atoms with E-state index < -0.39 is 17.7 Å². The molecular formula is C23H25Cl2NO6. The third kappa shape index (κ3) is 6.06. The Balaban J connectivity index is 1.65. The van der Waals surface area contributed by atoms with Crippen LogP contribution < -0.4 is 10.1 Å². The van der Waals surface area contributed by atoms with Crippen LogP contribution >= 0.6 is 23.2 Å². The van der Waals surface area contributed by atoms with Crippen LogP contribution in [-0.2, 0) is 33.8 Å². The first-order valence-electron chi connectivity index (χ1n) is 10.3. The van der Waals surface area contributed by atoms with Crippen molar-refractivity contribution in [3.63, 3.8) is 0 Å². The molecule has 3 rings (SSSR count). The lowest BCUT2D eigenvalue weighted by Crippen LogP contribution is -2.40. The van der Waals surface area contributed by atoms with Gasteiger partial charge in [0.1, 0.15) is 12.4 Å². The number of amides is 1. The van der Waals surface area contributed by atoms with E-state index in [1.165, 1.54) is 0 Å².